The first-order valence-electron chi connectivity index (χ1n) is 11.5. The summed E-state index contributed by atoms with van der Waals surface area (Å²) in [5.74, 6) is 1.66. The van der Waals surface area contributed by atoms with Crippen molar-refractivity contribution in [2.45, 2.75) is 52.0 Å². The summed E-state index contributed by atoms with van der Waals surface area (Å²) in [6.45, 7) is 9.68. The molecule has 2 aromatic rings. The van der Waals surface area contributed by atoms with Gasteiger partial charge < -0.3 is 15.4 Å². The number of carbonyl (C=O) groups is 1. The Morgan fingerprint density at radius 2 is 1.68 bits per heavy atom. The molecule has 4 nitrogen and oxygen atoms in total. The fourth-order valence-corrected chi connectivity index (χ4v) is 4.53. The first kappa shape index (κ1) is 22.9. The van der Waals surface area contributed by atoms with Crippen molar-refractivity contribution in [1.82, 2.24) is 10.6 Å². The van der Waals surface area contributed by atoms with Gasteiger partial charge in [0.25, 0.3) is 0 Å². The quantitative estimate of drug-likeness (QED) is 0.555. The van der Waals surface area contributed by atoms with Gasteiger partial charge in [-0.2, -0.15) is 0 Å². The number of amides is 1. The predicted molar refractivity (Wildman–Crippen MR) is 127 cm³/mol. The zero-order chi connectivity index (χ0) is 22.2. The lowest BCUT2D eigenvalue weighted by atomic mass is 9.93. The van der Waals surface area contributed by atoms with Gasteiger partial charge in [0, 0.05) is 17.8 Å². The zero-order valence-electron chi connectivity index (χ0n) is 19.1. The molecule has 31 heavy (non-hydrogen) atoms. The Balaban J connectivity index is 1.72. The maximum Gasteiger partial charge on any atom is 0.225 e. The molecule has 2 aromatic carbocycles. The first-order chi connectivity index (χ1) is 15.0. The van der Waals surface area contributed by atoms with Crippen molar-refractivity contribution in [2.75, 3.05) is 13.7 Å². The van der Waals surface area contributed by atoms with E-state index in [-0.39, 0.29) is 11.9 Å². The predicted octanol–water partition coefficient (Wildman–Crippen LogP) is 4.68. The lowest BCUT2D eigenvalue weighted by Crippen LogP contribution is -2.46. The Morgan fingerprint density at radius 3 is 2.29 bits per heavy atom. The second kappa shape index (κ2) is 11.0. The Kier molecular flexibility index (Phi) is 8.16. The minimum absolute atomic E-state index is 0.00376. The number of benzene rings is 2. The largest absolute Gasteiger partial charge is 0.496 e. The Labute approximate surface area is 187 Å². The number of carbonyl (C=O) groups excluding carboxylic acids is 1. The van der Waals surface area contributed by atoms with E-state index in [0.717, 1.165) is 49.2 Å². The first-order valence-corrected chi connectivity index (χ1v) is 11.5. The molecule has 2 N–H and O–H groups in total. The van der Waals surface area contributed by atoms with Crippen LogP contribution in [0.1, 0.15) is 43.4 Å². The topological polar surface area (TPSA) is 50.4 Å². The highest BCUT2D eigenvalue weighted by atomic mass is 16.5. The van der Waals surface area contributed by atoms with E-state index in [1.165, 1.54) is 11.1 Å². The summed E-state index contributed by atoms with van der Waals surface area (Å²) in [7, 11) is 1.64. The number of rotatable bonds is 11. The molecule has 0 saturated heterocycles. The highest BCUT2D eigenvalue weighted by Crippen LogP contribution is 2.30. The summed E-state index contributed by atoms with van der Waals surface area (Å²) in [4.78, 5) is 13.0. The summed E-state index contributed by atoms with van der Waals surface area (Å²) in [5.41, 5.74) is 4.57. The monoisotopic (exact) mass is 420 g/mol. The molecular weight excluding hydrogens is 384 g/mol. The third-order valence-corrected chi connectivity index (χ3v) is 6.56. The third-order valence-electron chi connectivity index (χ3n) is 6.56. The summed E-state index contributed by atoms with van der Waals surface area (Å²) >= 11 is 0. The molecule has 0 fully saturated rings. The Bertz CT molecular complexity index is 863. The van der Waals surface area contributed by atoms with Crippen LogP contribution in [0.25, 0.3) is 0 Å². The van der Waals surface area contributed by atoms with Gasteiger partial charge in [0.15, 0.2) is 0 Å². The number of hydrogen-bond donors (Lipinski definition) is 2. The van der Waals surface area contributed by atoms with Gasteiger partial charge in [-0.15, -0.1) is 0 Å². The summed E-state index contributed by atoms with van der Waals surface area (Å²) in [6.07, 6.45) is 4.48. The number of ether oxygens (including phenoxy) is 1. The van der Waals surface area contributed by atoms with Crippen molar-refractivity contribution in [3.05, 3.63) is 77.5 Å². The standard InChI is InChI=1S/C27H36N2O2/c1-5-20(6-2)18-28-19(3)27(24-15-21-11-7-8-12-22(21)16-24)29-26(30)17-23-13-9-10-14-25(23)31-4/h7-14,20,24,27-28H,3,5-6,15-18H2,1-2,4H3,(H,29,30). The Hall–Kier alpha value is -2.75. The van der Waals surface area contributed by atoms with Crippen LogP contribution in [-0.4, -0.2) is 25.6 Å². The lowest BCUT2D eigenvalue weighted by Gasteiger charge is -2.29. The van der Waals surface area contributed by atoms with E-state index in [1.807, 2.05) is 24.3 Å². The molecule has 0 aliphatic heterocycles. The highest BCUT2D eigenvalue weighted by molar-refractivity contribution is 5.80. The molecule has 4 heteroatoms. The number of methoxy groups -OCH3 is 1. The van der Waals surface area contributed by atoms with Crippen LogP contribution in [0, 0.1) is 11.8 Å². The van der Waals surface area contributed by atoms with Gasteiger partial charge in [-0.25, -0.2) is 0 Å². The van der Waals surface area contributed by atoms with Gasteiger partial charge in [0.1, 0.15) is 5.75 Å². The number of hydrogen-bond acceptors (Lipinski definition) is 3. The van der Waals surface area contributed by atoms with Gasteiger partial charge in [-0.1, -0.05) is 75.7 Å². The second-order valence-electron chi connectivity index (χ2n) is 8.56. The smallest absolute Gasteiger partial charge is 0.225 e. The summed E-state index contributed by atoms with van der Waals surface area (Å²) < 4.78 is 5.42. The molecule has 0 aromatic heterocycles. The molecule has 0 saturated carbocycles. The van der Waals surface area contributed by atoms with Crippen LogP contribution < -0.4 is 15.4 Å². The number of nitrogens with one attached hydrogen (secondary N) is 2. The van der Waals surface area contributed by atoms with E-state index in [1.54, 1.807) is 7.11 Å². The molecule has 3 rings (SSSR count). The van der Waals surface area contributed by atoms with Crippen molar-refractivity contribution in [3.63, 3.8) is 0 Å². The average Bonchev–Trinajstić information content (AvgIpc) is 3.22. The van der Waals surface area contributed by atoms with Gasteiger partial charge >= 0.3 is 0 Å². The number of para-hydroxylation sites is 1. The SMILES string of the molecule is C=C(NCC(CC)CC)C(NC(=O)Cc1ccccc1OC)C1Cc2ccccc2C1. The van der Waals surface area contributed by atoms with Gasteiger partial charge in [-0.3, -0.25) is 4.79 Å². The van der Waals surface area contributed by atoms with Crippen molar-refractivity contribution in [3.8, 4) is 5.75 Å². The molecule has 1 amide bonds. The van der Waals surface area contributed by atoms with Gasteiger partial charge in [0.2, 0.25) is 5.91 Å². The van der Waals surface area contributed by atoms with Crippen molar-refractivity contribution in [1.29, 1.82) is 0 Å². The minimum atomic E-state index is -0.107. The molecule has 1 atom stereocenters. The van der Waals surface area contributed by atoms with Gasteiger partial charge in [-0.05, 0) is 41.9 Å². The van der Waals surface area contributed by atoms with E-state index in [4.69, 9.17) is 4.74 Å². The molecule has 0 heterocycles. The molecule has 0 bridgehead atoms. The van der Waals surface area contributed by atoms with E-state index >= 15 is 0 Å². The van der Waals surface area contributed by atoms with Crippen LogP contribution in [0.4, 0.5) is 0 Å². The average molecular weight is 421 g/mol. The van der Waals surface area contributed by atoms with Crippen molar-refractivity contribution >= 4 is 5.91 Å². The molecular formula is C27H36N2O2. The maximum atomic E-state index is 13.0. The second-order valence-corrected chi connectivity index (χ2v) is 8.56. The fourth-order valence-electron chi connectivity index (χ4n) is 4.53. The Morgan fingerprint density at radius 1 is 1.06 bits per heavy atom. The minimum Gasteiger partial charge on any atom is -0.496 e. The van der Waals surface area contributed by atoms with Crippen molar-refractivity contribution in [2.24, 2.45) is 11.8 Å². The lowest BCUT2D eigenvalue weighted by molar-refractivity contribution is -0.121. The van der Waals surface area contributed by atoms with Gasteiger partial charge in [0.05, 0.1) is 19.6 Å². The van der Waals surface area contributed by atoms with Crippen LogP contribution in [0.15, 0.2) is 60.8 Å². The molecule has 0 radical (unpaired) electrons. The molecule has 1 aliphatic carbocycles. The van der Waals surface area contributed by atoms with E-state index in [2.05, 4.69) is 55.3 Å². The highest BCUT2D eigenvalue weighted by Gasteiger charge is 2.31. The molecule has 166 valence electrons. The maximum absolute atomic E-state index is 13.0. The summed E-state index contributed by atoms with van der Waals surface area (Å²) in [6, 6.07) is 16.2. The van der Waals surface area contributed by atoms with E-state index in [9.17, 15) is 4.79 Å². The summed E-state index contributed by atoms with van der Waals surface area (Å²) in [5, 5.41) is 6.84. The normalized spacial score (nSPS) is 14.2. The number of fused-ring (bicyclic) bond motifs is 1. The fraction of sp³-hybridized carbons (Fsp3) is 0.444. The zero-order valence-corrected chi connectivity index (χ0v) is 19.1. The van der Waals surface area contributed by atoms with Crippen LogP contribution in [0.5, 0.6) is 5.75 Å². The van der Waals surface area contributed by atoms with Crippen molar-refractivity contribution < 1.29 is 9.53 Å². The third kappa shape index (κ3) is 5.90. The van der Waals surface area contributed by atoms with E-state index < -0.39 is 0 Å². The van der Waals surface area contributed by atoms with Crippen LogP contribution >= 0.6 is 0 Å². The van der Waals surface area contributed by atoms with E-state index in [0.29, 0.717) is 18.3 Å². The van der Waals surface area contributed by atoms with Crippen LogP contribution in [0.2, 0.25) is 0 Å². The molecule has 1 aliphatic rings. The van der Waals surface area contributed by atoms with Crippen LogP contribution in [-0.2, 0) is 24.1 Å². The molecule has 1 unspecified atom stereocenters. The molecule has 0 spiro atoms. The van der Waals surface area contributed by atoms with Crippen LogP contribution in [0.3, 0.4) is 0 Å².